The number of amides is 1. The predicted octanol–water partition coefficient (Wildman–Crippen LogP) is 3.18. The fourth-order valence-electron chi connectivity index (χ4n) is 3.14. The van der Waals surface area contributed by atoms with E-state index in [1.54, 1.807) is 0 Å². The quantitative estimate of drug-likeness (QED) is 0.569. The molecule has 0 atom stereocenters. The fourth-order valence-corrected chi connectivity index (χ4v) is 4.22. The lowest BCUT2D eigenvalue weighted by molar-refractivity contribution is -0.121. The molecular formula is C22H30N2O4S. The molecule has 158 valence electrons. The molecule has 2 aromatic carbocycles. The molecule has 1 N–H and O–H groups in total. The maximum atomic E-state index is 12.3. The Morgan fingerprint density at radius 2 is 1.69 bits per heavy atom. The van der Waals surface area contributed by atoms with Crippen LogP contribution < -0.4 is 9.62 Å². The molecule has 0 aromatic heterocycles. The molecule has 0 aliphatic carbocycles. The van der Waals surface area contributed by atoms with Crippen LogP contribution >= 0.6 is 0 Å². The minimum absolute atomic E-state index is 0.108. The van der Waals surface area contributed by atoms with Gasteiger partial charge in [-0.1, -0.05) is 48.5 Å². The molecule has 0 fully saturated rings. The monoisotopic (exact) mass is 418 g/mol. The average Bonchev–Trinajstić information content (AvgIpc) is 2.66. The number of carbonyl (C=O) groups is 1. The lowest BCUT2D eigenvalue weighted by Crippen LogP contribution is -2.33. The largest absolute Gasteiger partial charge is 0.375 e. The van der Waals surface area contributed by atoms with Gasteiger partial charge in [0.15, 0.2) is 0 Å². The minimum atomic E-state index is -3.43. The summed E-state index contributed by atoms with van der Waals surface area (Å²) in [6, 6.07) is 15.5. The molecule has 0 unspecified atom stereocenters. The van der Waals surface area contributed by atoms with Gasteiger partial charge in [0.1, 0.15) is 0 Å². The van der Waals surface area contributed by atoms with Crippen molar-refractivity contribution < 1.29 is 17.9 Å². The smallest absolute Gasteiger partial charge is 0.232 e. The molecule has 6 nitrogen and oxygen atoms in total. The Balaban J connectivity index is 1.75. The van der Waals surface area contributed by atoms with Gasteiger partial charge < -0.3 is 10.1 Å². The second kappa shape index (κ2) is 11.0. The number of nitrogens with zero attached hydrogens (tertiary/aromatic N) is 1. The van der Waals surface area contributed by atoms with Crippen LogP contribution in [-0.4, -0.2) is 40.3 Å². The van der Waals surface area contributed by atoms with Crippen molar-refractivity contribution in [3.63, 3.8) is 0 Å². The molecule has 0 spiro atoms. The van der Waals surface area contributed by atoms with E-state index in [2.05, 4.69) is 5.32 Å². The number of nitrogens with one attached hydrogen (secondary N) is 1. The number of benzene rings is 2. The maximum absolute atomic E-state index is 12.3. The Morgan fingerprint density at radius 3 is 2.31 bits per heavy atom. The molecule has 1 amide bonds. The summed E-state index contributed by atoms with van der Waals surface area (Å²) >= 11 is 0. The van der Waals surface area contributed by atoms with E-state index < -0.39 is 10.0 Å². The SMILES string of the molecule is Cc1cccc(C)c1N(CCCC(=O)NCCOCc1ccccc1)S(C)(=O)=O. The van der Waals surface area contributed by atoms with Crippen molar-refractivity contribution in [3.05, 3.63) is 65.2 Å². The van der Waals surface area contributed by atoms with Gasteiger partial charge in [-0.2, -0.15) is 0 Å². The van der Waals surface area contributed by atoms with Crippen molar-refractivity contribution in [2.75, 3.05) is 30.3 Å². The summed E-state index contributed by atoms with van der Waals surface area (Å²) in [5.41, 5.74) is 3.58. The third-order valence-corrected chi connectivity index (χ3v) is 5.70. The summed E-state index contributed by atoms with van der Waals surface area (Å²) in [5, 5.41) is 2.81. The van der Waals surface area contributed by atoms with Crippen molar-refractivity contribution in [3.8, 4) is 0 Å². The highest BCUT2D eigenvalue weighted by atomic mass is 32.2. The van der Waals surface area contributed by atoms with Gasteiger partial charge in [-0.25, -0.2) is 8.42 Å². The molecule has 0 radical (unpaired) electrons. The van der Waals surface area contributed by atoms with E-state index in [1.165, 1.54) is 10.6 Å². The van der Waals surface area contributed by atoms with Crippen LogP contribution in [0.15, 0.2) is 48.5 Å². The lowest BCUT2D eigenvalue weighted by atomic mass is 10.1. The van der Waals surface area contributed by atoms with Gasteiger partial charge in [-0.3, -0.25) is 9.10 Å². The number of sulfonamides is 1. The van der Waals surface area contributed by atoms with Gasteiger partial charge in [0, 0.05) is 19.5 Å². The zero-order valence-electron chi connectivity index (χ0n) is 17.3. The van der Waals surface area contributed by atoms with Crippen LogP contribution in [0.3, 0.4) is 0 Å². The van der Waals surface area contributed by atoms with E-state index in [-0.39, 0.29) is 18.9 Å². The van der Waals surface area contributed by atoms with Crippen molar-refractivity contribution >= 4 is 21.6 Å². The first-order valence-electron chi connectivity index (χ1n) is 9.71. The van der Waals surface area contributed by atoms with Crippen molar-refractivity contribution in [2.24, 2.45) is 0 Å². The molecule has 0 aliphatic rings. The molecule has 2 aromatic rings. The average molecular weight is 419 g/mol. The van der Waals surface area contributed by atoms with Crippen LogP contribution in [-0.2, 0) is 26.2 Å². The fraction of sp³-hybridized carbons (Fsp3) is 0.409. The van der Waals surface area contributed by atoms with Gasteiger partial charge in [0.05, 0.1) is 25.2 Å². The van der Waals surface area contributed by atoms with E-state index in [4.69, 9.17) is 4.74 Å². The van der Waals surface area contributed by atoms with Crippen molar-refractivity contribution in [1.82, 2.24) is 5.32 Å². The molecule has 0 aliphatic heterocycles. The summed E-state index contributed by atoms with van der Waals surface area (Å²) in [6.45, 7) is 5.42. The van der Waals surface area contributed by atoms with Crippen LogP contribution in [0.1, 0.15) is 29.5 Å². The first kappa shape index (κ1) is 22.9. The first-order valence-corrected chi connectivity index (χ1v) is 11.6. The number of aryl methyl sites for hydroxylation is 2. The van der Waals surface area contributed by atoms with Crippen LogP contribution in [0.5, 0.6) is 0 Å². The van der Waals surface area contributed by atoms with Gasteiger partial charge in [-0.05, 0) is 37.0 Å². The number of carbonyl (C=O) groups excluding carboxylic acids is 1. The van der Waals surface area contributed by atoms with Crippen LogP contribution in [0.2, 0.25) is 0 Å². The standard InChI is InChI=1S/C22H30N2O4S/c1-18-9-7-10-19(2)22(18)24(29(3,26)27)15-8-13-21(25)23-14-16-28-17-20-11-5-4-6-12-20/h4-7,9-12H,8,13-17H2,1-3H3,(H,23,25). The van der Waals surface area contributed by atoms with Crippen LogP contribution in [0.25, 0.3) is 0 Å². The third-order valence-electron chi connectivity index (χ3n) is 4.53. The van der Waals surface area contributed by atoms with Crippen molar-refractivity contribution in [1.29, 1.82) is 0 Å². The maximum Gasteiger partial charge on any atom is 0.232 e. The van der Waals surface area contributed by atoms with Gasteiger partial charge in [-0.15, -0.1) is 0 Å². The summed E-state index contributed by atoms with van der Waals surface area (Å²) in [7, 11) is -3.43. The van der Waals surface area contributed by atoms with Crippen LogP contribution in [0.4, 0.5) is 5.69 Å². The van der Waals surface area contributed by atoms with E-state index in [1.807, 2.05) is 62.4 Å². The Labute approximate surface area is 173 Å². The third kappa shape index (κ3) is 7.51. The second-order valence-corrected chi connectivity index (χ2v) is 8.97. The Kier molecular flexibility index (Phi) is 8.67. The molecule has 0 saturated carbocycles. The van der Waals surface area contributed by atoms with Gasteiger partial charge in [0.25, 0.3) is 0 Å². The number of rotatable bonds is 11. The molecule has 0 heterocycles. The zero-order chi connectivity index (χ0) is 21.3. The predicted molar refractivity (Wildman–Crippen MR) is 116 cm³/mol. The number of ether oxygens (including phenoxy) is 1. The lowest BCUT2D eigenvalue weighted by Gasteiger charge is -2.26. The molecule has 29 heavy (non-hydrogen) atoms. The normalized spacial score (nSPS) is 11.3. The molecule has 2 rings (SSSR count). The van der Waals surface area contributed by atoms with E-state index in [0.29, 0.717) is 31.9 Å². The Bertz CT molecular complexity index is 878. The van der Waals surface area contributed by atoms with E-state index in [9.17, 15) is 13.2 Å². The summed E-state index contributed by atoms with van der Waals surface area (Å²) in [6.07, 6.45) is 1.90. The molecular weight excluding hydrogens is 388 g/mol. The number of anilines is 1. The first-order chi connectivity index (χ1) is 13.8. The minimum Gasteiger partial charge on any atom is -0.375 e. The van der Waals surface area contributed by atoms with Crippen LogP contribution in [0, 0.1) is 13.8 Å². The Morgan fingerprint density at radius 1 is 1.03 bits per heavy atom. The van der Waals surface area contributed by atoms with Gasteiger partial charge in [0.2, 0.25) is 15.9 Å². The summed E-state index contributed by atoms with van der Waals surface area (Å²) < 4.78 is 31.5. The van der Waals surface area contributed by atoms with Crippen molar-refractivity contribution in [2.45, 2.75) is 33.3 Å². The number of hydrogen-bond acceptors (Lipinski definition) is 4. The number of hydrogen-bond donors (Lipinski definition) is 1. The molecule has 0 bridgehead atoms. The van der Waals surface area contributed by atoms with E-state index >= 15 is 0 Å². The number of para-hydroxylation sites is 1. The molecule has 7 heteroatoms. The van der Waals surface area contributed by atoms with E-state index in [0.717, 1.165) is 16.7 Å². The Hall–Kier alpha value is -2.38. The topological polar surface area (TPSA) is 75.7 Å². The zero-order valence-corrected chi connectivity index (χ0v) is 18.2. The highest BCUT2D eigenvalue weighted by molar-refractivity contribution is 7.92. The van der Waals surface area contributed by atoms with Gasteiger partial charge >= 0.3 is 0 Å². The summed E-state index contributed by atoms with van der Waals surface area (Å²) in [4.78, 5) is 12.0. The molecule has 0 saturated heterocycles. The highest BCUT2D eigenvalue weighted by Gasteiger charge is 2.20. The highest BCUT2D eigenvalue weighted by Crippen LogP contribution is 2.27. The summed E-state index contributed by atoms with van der Waals surface area (Å²) in [5.74, 6) is -0.108. The second-order valence-electron chi connectivity index (χ2n) is 7.07.